The lowest BCUT2D eigenvalue weighted by atomic mass is 9.75. The molecule has 2 unspecified atom stereocenters. The molecular formula is C42H34N2. The molecule has 0 amide bonds. The van der Waals surface area contributed by atoms with Gasteiger partial charge in [-0.2, -0.15) is 0 Å². The zero-order valence-corrected chi connectivity index (χ0v) is 25.4. The molecule has 5 aromatic carbocycles. The van der Waals surface area contributed by atoms with Gasteiger partial charge in [0.2, 0.25) is 0 Å². The van der Waals surface area contributed by atoms with Crippen LogP contribution in [-0.4, -0.2) is 17.8 Å². The smallest absolute Gasteiger partial charge is 0.113 e. The van der Waals surface area contributed by atoms with Crippen molar-refractivity contribution < 1.29 is 0 Å². The van der Waals surface area contributed by atoms with E-state index in [0.29, 0.717) is 0 Å². The maximum Gasteiger partial charge on any atom is 0.113 e. The van der Waals surface area contributed by atoms with Crippen LogP contribution in [0, 0.1) is 17.8 Å². The van der Waals surface area contributed by atoms with Crippen LogP contribution in [0.2, 0.25) is 0 Å². The number of allylic oxidation sites excluding steroid dienone is 1. The molecule has 0 spiro atoms. The van der Waals surface area contributed by atoms with Crippen molar-refractivity contribution >= 4 is 27.9 Å². The SMILES string of the molecule is CN1C(C2C=C(c3ccc4cc(-c5ccccc5)ccc4c3)C#CC2)=NC2=C(C1c1ccccc1)C(C)(C)c1ccccc12. The average molecular weight is 567 g/mol. The van der Waals surface area contributed by atoms with Crippen molar-refractivity contribution in [2.45, 2.75) is 31.7 Å². The minimum Gasteiger partial charge on any atom is -0.352 e. The Labute approximate surface area is 260 Å². The normalized spacial score (nSPS) is 19.9. The maximum atomic E-state index is 5.49. The third kappa shape index (κ3) is 4.23. The van der Waals surface area contributed by atoms with Gasteiger partial charge in [0, 0.05) is 35.9 Å². The van der Waals surface area contributed by atoms with Crippen molar-refractivity contribution in [3.63, 3.8) is 0 Å². The van der Waals surface area contributed by atoms with E-state index in [1.54, 1.807) is 0 Å². The lowest BCUT2D eigenvalue weighted by molar-refractivity contribution is 0.366. The fourth-order valence-corrected chi connectivity index (χ4v) is 7.42. The Hall–Kier alpha value is -5.13. The van der Waals surface area contributed by atoms with Gasteiger partial charge in [0.25, 0.3) is 0 Å². The van der Waals surface area contributed by atoms with Crippen molar-refractivity contribution in [3.05, 3.63) is 155 Å². The van der Waals surface area contributed by atoms with Crippen LogP contribution in [0.3, 0.4) is 0 Å². The fourth-order valence-electron chi connectivity index (χ4n) is 7.42. The summed E-state index contributed by atoms with van der Waals surface area (Å²) in [4.78, 5) is 7.90. The summed E-state index contributed by atoms with van der Waals surface area (Å²) in [5, 5.41) is 2.46. The van der Waals surface area contributed by atoms with Crippen LogP contribution in [0.1, 0.15) is 48.6 Å². The Bertz CT molecular complexity index is 2080. The van der Waals surface area contributed by atoms with Gasteiger partial charge in [-0.25, -0.2) is 4.99 Å². The zero-order chi connectivity index (χ0) is 29.8. The highest BCUT2D eigenvalue weighted by atomic mass is 15.2. The molecule has 8 rings (SSSR count). The van der Waals surface area contributed by atoms with Crippen LogP contribution in [0.25, 0.3) is 33.2 Å². The molecule has 3 aliphatic rings. The van der Waals surface area contributed by atoms with Crippen LogP contribution in [0.15, 0.2) is 138 Å². The van der Waals surface area contributed by atoms with E-state index in [2.05, 4.69) is 165 Å². The first-order valence-electron chi connectivity index (χ1n) is 15.5. The summed E-state index contributed by atoms with van der Waals surface area (Å²) >= 11 is 0. The predicted octanol–water partition coefficient (Wildman–Crippen LogP) is 9.70. The Morgan fingerprint density at radius 2 is 1.39 bits per heavy atom. The number of rotatable bonds is 4. The van der Waals surface area contributed by atoms with Gasteiger partial charge in [0.15, 0.2) is 0 Å². The Morgan fingerprint density at radius 1 is 0.727 bits per heavy atom. The van der Waals surface area contributed by atoms with Crippen molar-refractivity contribution in [2.75, 3.05) is 7.05 Å². The topological polar surface area (TPSA) is 15.6 Å². The number of hydrogen-bond donors (Lipinski definition) is 0. The standard InChI is InChI=1S/C42H34N2/c1-42(2)37-20-11-10-19-36(37)39-38(42)40(29-15-8-5-9-16-29)44(3)41(43-39)35-18-12-17-30(27-35)32-23-24-33-25-31(21-22-34(33)26-32)28-13-6-4-7-14-28/h4-11,13-16,19-27,35,40H,18H2,1-3H3. The molecule has 2 heteroatoms. The molecule has 0 saturated carbocycles. The summed E-state index contributed by atoms with van der Waals surface area (Å²) in [6.45, 7) is 4.70. The van der Waals surface area contributed by atoms with E-state index in [0.717, 1.165) is 29.1 Å². The van der Waals surface area contributed by atoms with E-state index < -0.39 is 0 Å². The summed E-state index contributed by atoms with van der Waals surface area (Å²) in [6.07, 6.45) is 3.11. The monoisotopic (exact) mass is 566 g/mol. The second-order valence-corrected chi connectivity index (χ2v) is 12.7. The summed E-state index contributed by atoms with van der Waals surface area (Å²) in [6, 6.07) is 43.8. The maximum absolute atomic E-state index is 5.49. The first-order valence-corrected chi connectivity index (χ1v) is 15.5. The highest BCUT2D eigenvalue weighted by Crippen LogP contribution is 2.55. The van der Waals surface area contributed by atoms with Gasteiger partial charge in [-0.3, -0.25) is 0 Å². The number of likely N-dealkylation sites (N-methyl/N-ethyl adjacent to an activating group) is 1. The van der Waals surface area contributed by atoms with E-state index in [1.165, 1.54) is 44.2 Å². The van der Waals surface area contributed by atoms with E-state index in [4.69, 9.17) is 4.99 Å². The zero-order valence-electron chi connectivity index (χ0n) is 25.4. The molecule has 0 saturated heterocycles. The van der Waals surface area contributed by atoms with Crippen LogP contribution in [0.5, 0.6) is 0 Å². The molecule has 1 aliphatic heterocycles. The number of aliphatic imine (C=N–C) groups is 1. The minimum atomic E-state index is -0.117. The second-order valence-electron chi connectivity index (χ2n) is 12.7. The van der Waals surface area contributed by atoms with Gasteiger partial charge in [0.1, 0.15) is 5.84 Å². The first kappa shape index (κ1) is 26.5. The van der Waals surface area contributed by atoms with Crippen LogP contribution >= 0.6 is 0 Å². The third-order valence-corrected chi connectivity index (χ3v) is 9.65. The molecule has 44 heavy (non-hydrogen) atoms. The lowest BCUT2D eigenvalue weighted by Crippen LogP contribution is -2.41. The molecule has 2 atom stereocenters. The van der Waals surface area contributed by atoms with Gasteiger partial charge in [0.05, 0.1) is 11.7 Å². The Balaban J connectivity index is 1.20. The largest absolute Gasteiger partial charge is 0.352 e. The molecular weight excluding hydrogens is 532 g/mol. The number of amidine groups is 1. The van der Waals surface area contributed by atoms with Gasteiger partial charge >= 0.3 is 0 Å². The summed E-state index contributed by atoms with van der Waals surface area (Å²) in [5.74, 6) is 8.14. The molecule has 0 N–H and O–H groups in total. The molecule has 0 fully saturated rings. The summed E-state index contributed by atoms with van der Waals surface area (Å²) in [7, 11) is 2.22. The minimum absolute atomic E-state index is 0.101. The first-order chi connectivity index (χ1) is 21.5. The molecule has 2 aliphatic carbocycles. The molecule has 0 aromatic heterocycles. The molecule has 212 valence electrons. The highest BCUT2D eigenvalue weighted by molar-refractivity contribution is 6.00. The summed E-state index contributed by atoms with van der Waals surface area (Å²) in [5.41, 5.74) is 11.0. The number of hydrogen-bond acceptors (Lipinski definition) is 2. The highest BCUT2D eigenvalue weighted by Gasteiger charge is 2.46. The Morgan fingerprint density at radius 3 is 2.16 bits per heavy atom. The quantitative estimate of drug-likeness (QED) is 0.198. The molecule has 5 aromatic rings. The van der Waals surface area contributed by atoms with Gasteiger partial charge < -0.3 is 4.90 Å². The van der Waals surface area contributed by atoms with Gasteiger partial charge in [-0.15, -0.1) is 0 Å². The van der Waals surface area contributed by atoms with Crippen molar-refractivity contribution in [1.29, 1.82) is 0 Å². The van der Waals surface area contributed by atoms with E-state index in [9.17, 15) is 0 Å². The van der Waals surface area contributed by atoms with E-state index in [1.807, 2.05) is 0 Å². The van der Waals surface area contributed by atoms with Crippen LogP contribution in [0.4, 0.5) is 0 Å². The predicted molar refractivity (Wildman–Crippen MR) is 184 cm³/mol. The second kappa shape index (κ2) is 10.2. The molecule has 0 bridgehead atoms. The third-order valence-electron chi connectivity index (χ3n) is 9.65. The lowest BCUT2D eigenvalue weighted by Gasteiger charge is -2.42. The van der Waals surface area contributed by atoms with E-state index >= 15 is 0 Å². The molecule has 1 heterocycles. The average Bonchev–Trinajstić information content (AvgIpc) is 3.30. The number of nitrogens with zero attached hydrogens (tertiary/aromatic N) is 2. The van der Waals surface area contributed by atoms with Crippen LogP contribution < -0.4 is 0 Å². The molecule has 2 nitrogen and oxygen atoms in total. The van der Waals surface area contributed by atoms with Crippen molar-refractivity contribution in [3.8, 4) is 23.0 Å². The molecule has 0 radical (unpaired) electrons. The van der Waals surface area contributed by atoms with Gasteiger partial charge in [-0.05, 0) is 56.3 Å². The van der Waals surface area contributed by atoms with Crippen LogP contribution in [-0.2, 0) is 5.41 Å². The number of benzene rings is 5. The Kier molecular flexibility index (Phi) is 6.17. The number of fused-ring (bicyclic) bond motifs is 3. The fraction of sp³-hybridized carbons (Fsp3) is 0.167. The van der Waals surface area contributed by atoms with Crippen molar-refractivity contribution in [2.24, 2.45) is 10.9 Å². The van der Waals surface area contributed by atoms with E-state index in [-0.39, 0.29) is 17.4 Å². The van der Waals surface area contributed by atoms with Gasteiger partial charge in [-0.1, -0.05) is 141 Å². The van der Waals surface area contributed by atoms with Crippen molar-refractivity contribution in [1.82, 2.24) is 4.90 Å². The summed E-state index contributed by atoms with van der Waals surface area (Å²) < 4.78 is 0.